The lowest BCUT2D eigenvalue weighted by atomic mass is 10.2. The molecule has 84 valence electrons. The average molecular weight is 204 g/mol. The van der Waals surface area contributed by atoms with Crippen LogP contribution in [0, 0.1) is 0 Å². The fraction of sp³-hybridized carbons (Fsp3) is 0.750. The van der Waals surface area contributed by atoms with Crippen molar-refractivity contribution in [3.8, 4) is 0 Å². The van der Waals surface area contributed by atoms with Gasteiger partial charge in [0.25, 0.3) is 0 Å². The first kappa shape index (κ1) is 15.3. The van der Waals surface area contributed by atoms with Crippen LogP contribution in [-0.4, -0.2) is 24.9 Å². The van der Waals surface area contributed by atoms with E-state index in [2.05, 4.69) is 0 Å². The molecule has 0 radical (unpaired) electrons. The Hall–Kier alpha value is -1.14. The molecule has 0 spiro atoms. The van der Waals surface area contributed by atoms with Gasteiger partial charge in [-0.25, -0.2) is 0 Å². The number of carbonyl (C=O) groups excluding carboxylic acids is 2. The van der Waals surface area contributed by atoms with Gasteiger partial charge in [-0.3, -0.25) is 9.59 Å². The van der Waals surface area contributed by atoms with Crippen molar-refractivity contribution in [2.24, 2.45) is 22.9 Å². The first-order chi connectivity index (χ1) is 6.54. The molecule has 14 heavy (non-hydrogen) atoms. The highest BCUT2D eigenvalue weighted by Gasteiger charge is 1.96. The van der Waals surface area contributed by atoms with Crippen LogP contribution in [0.4, 0.5) is 0 Å². The quantitative estimate of drug-likeness (QED) is 0.388. The zero-order chi connectivity index (χ0) is 11.4. The minimum Gasteiger partial charge on any atom is -0.370 e. The zero-order valence-corrected chi connectivity index (χ0v) is 8.37. The predicted octanol–water partition coefficient (Wildman–Crippen LogP) is -1.58. The largest absolute Gasteiger partial charge is 0.370 e. The number of carbonyl (C=O) groups is 2. The van der Waals surface area contributed by atoms with Crippen LogP contribution in [-0.2, 0) is 9.59 Å². The van der Waals surface area contributed by atoms with Gasteiger partial charge in [0.15, 0.2) is 0 Å². The molecule has 0 heterocycles. The molecular formula is C8H20N4O2. The number of hydrogen-bond acceptors (Lipinski definition) is 4. The summed E-state index contributed by atoms with van der Waals surface area (Å²) >= 11 is 0. The number of rotatable bonds is 6. The molecule has 6 nitrogen and oxygen atoms in total. The van der Waals surface area contributed by atoms with Gasteiger partial charge in [-0.2, -0.15) is 0 Å². The molecule has 2 amide bonds. The highest BCUT2D eigenvalue weighted by atomic mass is 16.1. The van der Waals surface area contributed by atoms with Crippen molar-refractivity contribution in [2.75, 3.05) is 13.1 Å². The normalized spacial score (nSPS) is 8.71. The van der Waals surface area contributed by atoms with Crippen molar-refractivity contribution in [3.05, 3.63) is 0 Å². The number of unbranched alkanes of at least 4 members (excludes halogenated alkanes) is 1. The molecule has 6 heteroatoms. The molecule has 0 aromatic heterocycles. The SMILES string of the molecule is NC(=O)CCCCC(N)=O.NCCN. The van der Waals surface area contributed by atoms with E-state index in [0.29, 0.717) is 38.8 Å². The van der Waals surface area contributed by atoms with Crippen LogP contribution < -0.4 is 22.9 Å². The van der Waals surface area contributed by atoms with Crippen molar-refractivity contribution in [1.82, 2.24) is 0 Å². The molecule has 0 aliphatic heterocycles. The maximum absolute atomic E-state index is 10.2. The summed E-state index contributed by atoms with van der Waals surface area (Å²) < 4.78 is 0. The standard InChI is InChI=1S/C6H12N2O2.C2H8N2/c7-5(9)3-1-2-4-6(8)10;3-1-2-4/h1-4H2,(H2,7,9)(H2,8,10);1-4H2. The lowest BCUT2D eigenvalue weighted by molar-refractivity contribution is -0.119. The summed E-state index contributed by atoms with van der Waals surface area (Å²) in [5, 5.41) is 0. The molecule has 0 saturated carbocycles. The minimum absolute atomic E-state index is 0.329. The minimum atomic E-state index is -0.329. The average Bonchev–Trinajstić information content (AvgIpc) is 2.12. The number of primary amides is 2. The van der Waals surface area contributed by atoms with Gasteiger partial charge < -0.3 is 22.9 Å². The number of nitrogens with two attached hydrogens (primary N) is 4. The van der Waals surface area contributed by atoms with Gasteiger partial charge in [-0.15, -0.1) is 0 Å². The monoisotopic (exact) mass is 204 g/mol. The predicted molar refractivity (Wildman–Crippen MR) is 55.0 cm³/mol. The van der Waals surface area contributed by atoms with E-state index in [1.807, 2.05) is 0 Å². The second kappa shape index (κ2) is 11.9. The summed E-state index contributed by atoms with van der Waals surface area (Å²) in [7, 11) is 0. The zero-order valence-electron chi connectivity index (χ0n) is 8.37. The van der Waals surface area contributed by atoms with E-state index in [9.17, 15) is 9.59 Å². The molecule has 0 bridgehead atoms. The summed E-state index contributed by atoms with van der Waals surface area (Å²) in [4.78, 5) is 20.3. The van der Waals surface area contributed by atoms with E-state index in [1.54, 1.807) is 0 Å². The molecule has 0 unspecified atom stereocenters. The highest BCUT2D eigenvalue weighted by molar-refractivity contribution is 5.74. The first-order valence-electron chi connectivity index (χ1n) is 4.51. The van der Waals surface area contributed by atoms with Crippen LogP contribution in [0.1, 0.15) is 25.7 Å². The topological polar surface area (TPSA) is 138 Å². The Morgan fingerprint density at radius 2 is 1.07 bits per heavy atom. The molecule has 0 aliphatic rings. The summed E-state index contributed by atoms with van der Waals surface area (Å²) in [5.41, 5.74) is 19.5. The van der Waals surface area contributed by atoms with Gasteiger partial charge in [-0.1, -0.05) is 0 Å². The molecule has 0 fully saturated rings. The maximum atomic E-state index is 10.2. The van der Waals surface area contributed by atoms with E-state index in [1.165, 1.54) is 0 Å². The van der Waals surface area contributed by atoms with Gasteiger partial charge in [0.1, 0.15) is 0 Å². The van der Waals surface area contributed by atoms with Crippen molar-refractivity contribution in [2.45, 2.75) is 25.7 Å². The Morgan fingerprint density at radius 1 is 0.786 bits per heavy atom. The maximum Gasteiger partial charge on any atom is 0.217 e. The molecule has 0 aliphatic carbocycles. The molecule has 0 saturated heterocycles. The lowest BCUT2D eigenvalue weighted by Crippen LogP contribution is -2.12. The summed E-state index contributed by atoms with van der Waals surface area (Å²) in [6.07, 6.45) is 1.98. The van der Waals surface area contributed by atoms with Crippen LogP contribution >= 0.6 is 0 Å². The van der Waals surface area contributed by atoms with E-state index in [0.717, 1.165) is 0 Å². The van der Waals surface area contributed by atoms with Gasteiger partial charge >= 0.3 is 0 Å². The van der Waals surface area contributed by atoms with E-state index in [4.69, 9.17) is 22.9 Å². The first-order valence-corrected chi connectivity index (χ1v) is 4.51. The molecular weight excluding hydrogens is 184 g/mol. The van der Waals surface area contributed by atoms with Crippen LogP contribution in [0.2, 0.25) is 0 Å². The Balaban J connectivity index is 0. The number of hydrogen-bond donors (Lipinski definition) is 4. The molecule has 0 rings (SSSR count). The summed E-state index contributed by atoms with van der Waals surface area (Å²) in [5.74, 6) is -0.658. The third-order valence-corrected chi connectivity index (χ3v) is 1.26. The van der Waals surface area contributed by atoms with Gasteiger partial charge in [0.05, 0.1) is 0 Å². The molecule has 0 aromatic carbocycles. The number of amides is 2. The van der Waals surface area contributed by atoms with Crippen molar-refractivity contribution >= 4 is 11.8 Å². The van der Waals surface area contributed by atoms with Crippen LogP contribution in [0.15, 0.2) is 0 Å². The third-order valence-electron chi connectivity index (χ3n) is 1.26. The van der Waals surface area contributed by atoms with Crippen LogP contribution in [0.25, 0.3) is 0 Å². The van der Waals surface area contributed by atoms with Gasteiger partial charge in [0.2, 0.25) is 11.8 Å². The molecule has 0 atom stereocenters. The summed E-state index contributed by atoms with van der Waals surface area (Å²) in [6.45, 7) is 1.19. The van der Waals surface area contributed by atoms with Crippen molar-refractivity contribution in [1.29, 1.82) is 0 Å². The second-order valence-corrected chi connectivity index (χ2v) is 2.72. The van der Waals surface area contributed by atoms with Crippen molar-refractivity contribution in [3.63, 3.8) is 0 Å². The van der Waals surface area contributed by atoms with E-state index < -0.39 is 0 Å². The van der Waals surface area contributed by atoms with Crippen molar-refractivity contribution < 1.29 is 9.59 Å². The smallest absolute Gasteiger partial charge is 0.217 e. The van der Waals surface area contributed by atoms with E-state index >= 15 is 0 Å². The highest BCUT2D eigenvalue weighted by Crippen LogP contribution is 1.97. The Morgan fingerprint density at radius 3 is 1.21 bits per heavy atom. The fourth-order valence-corrected chi connectivity index (χ4v) is 0.598. The molecule has 8 N–H and O–H groups in total. The van der Waals surface area contributed by atoms with Crippen LogP contribution in [0.5, 0.6) is 0 Å². The Bertz CT molecular complexity index is 143. The van der Waals surface area contributed by atoms with E-state index in [-0.39, 0.29) is 11.8 Å². The Labute approximate surface area is 84.0 Å². The second-order valence-electron chi connectivity index (χ2n) is 2.72. The van der Waals surface area contributed by atoms with Gasteiger partial charge in [0, 0.05) is 25.9 Å². The Kier molecular flexibility index (Phi) is 13.0. The fourth-order valence-electron chi connectivity index (χ4n) is 0.598. The molecule has 0 aromatic rings. The summed E-state index contributed by atoms with van der Waals surface area (Å²) in [6, 6.07) is 0. The third kappa shape index (κ3) is 22.4. The lowest BCUT2D eigenvalue weighted by Gasteiger charge is -1.93. The van der Waals surface area contributed by atoms with Crippen LogP contribution in [0.3, 0.4) is 0 Å². The van der Waals surface area contributed by atoms with Gasteiger partial charge in [-0.05, 0) is 12.8 Å².